The van der Waals surface area contributed by atoms with E-state index in [1.165, 1.54) is 11.6 Å². The Hall–Kier alpha value is -1.71. The lowest BCUT2D eigenvalue weighted by atomic mass is 9.96. The summed E-state index contributed by atoms with van der Waals surface area (Å²) < 4.78 is 14.0. The molecule has 0 aliphatic heterocycles. The van der Waals surface area contributed by atoms with Crippen molar-refractivity contribution in [3.63, 3.8) is 0 Å². The maximum Gasteiger partial charge on any atom is 0.128 e. The number of nitrogens with two attached hydrogens (primary N) is 1. The summed E-state index contributed by atoms with van der Waals surface area (Å²) >= 11 is 0. The lowest BCUT2D eigenvalue weighted by molar-refractivity contribution is 0.559. The van der Waals surface area contributed by atoms with Gasteiger partial charge < -0.3 is 0 Å². The second-order valence-corrected chi connectivity index (χ2v) is 5.12. The van der Waals surface area contributed by atoms with E-state index in [1.54, 1.807) is 6.07 Å². The summed E-state index contributed by atoms with van der Waals surface area (Å²) in [5.41, 5.74) is 6.57. The number of benzene rings is 2. The van der Waals surface area contributed by atoms with Gasteiger partial charge >= 0.3 is 0 Å². The highest BCUT2D eigenvalue weighted by Gasteiger charge is 2.16. The van der Waals surface area contributed by atoms with Crippen LogP contribution in [0.15, 0.2) is 42.5 Å². The Balaban J connectivity index is 2.34. The molecule has 0 aliphatic carbocycles. The predicted molar refractivity (Wildman–Crippen MR) is 80.7 cm³/mol. The molecular formula is C17H21FN2. The van der Waals surface area contributed by atoms with Gasteiger partial charge in [-0.2, -0.15) is 0 Å². The number of hydrogen-bond donors (Lipinski definition) is 2. The summed E-state index contributed by atoms with van der Waals surface area (Å²) in [6.07, 6.45) is 2.17. The Morgan fingerprint density at radius 2 is 1.85 bits per heavy atom. The van der Waals surface area contributed by atoms with E-state index in [0.717, 1.165) is 24.0 Å². The number of halogens is 1. The van der Waals surface area contributed by atoms with Crippen molar-refractivity contribution in [3.8, 4) is 0 Å². The Morgan fingerprint density at radius 3 is 2.45 bits per heavy atom. The third-order valence-electron chi connectivity index (χ3n) is 3.48. The zero-order valence-corrected chi connectivity index (χ0v) is 12.0. The standard InChI is InChI=1S/C17H21FN2/c1-3-4-13-6-8-14(9-7-13)17(20-19)15-11-12(2)5-10-16(15)18/h5-11,17,20H,3-4,19H2,1-2H3. The Kier molecular flexibility index (Phi) is 4.88. The summed E-state index contributed by atoms with van der Waals surface area (Å²) in [5.74, 6) is 5.40. The average molecular weight is 272 g/mol. The molecule has 3 N–H and O–H groups in total. The molecule has 0 aromatic heterocycles. The van der Waals surface area contributed by atoms with Crippen LogP contribution >= 0.6 is 0 Å². The van der Waals surface area contributed by atoms with E-state index in [1.807, 2.05) is 25.1 Å². The molecule has 0 bridgehead atoms. The molecular weight excluding hydrogens is 251 g/mol. The van der Waals surface area contributed by atoms with Gasteiger partial charge in [0, 0.05) is 5.56 Å². The van der Waals surface area contributed by atoms with Gasteiger partial charge in [0.1, 0.15) is 5.82 Å². The zero-order valence-electron chi connectivity index (χ0n) is 12.0. The quantitative estimate of drug-likeness (QED) is 0.644. The first kappa shape index (κ1) is 14.7. The van der Waals surface area contributed by atoms with Gasteiger partial charge in [-0.1, -0.05) is 55.3 Å². The highest BCUT2D eigenvalue weighted by molar-refractivity contribution is 5.36. The van der Waals surface area contributed by atoms with Crippen molar-refractivity contribution < 1.29 is 4.39 Å². The minimum atomic E-state index is -0.328. The second-order valence-electron chi connectivity index (χ2n) is 5.12. The second kappa shape index (κ2) is 6.64. The van der Waals surface area contributed by atoms with E-state index in [4.69, 9.17) is 5.84 Å². The third-order valence-corrected chi connectivity index (χ3v) is 3.48. The lowest BCUT2D eigenvalue weighted by Crippen LogP contribution is -2.29. The first-order valence-corrected chi connectivity index (χ1v) is 6.96. The van der Waals surface area contributed by atoms with Crippen LogP contribution in [0, 0.1) is 12.7 Å². The minimum absolute atomic E-state index is 0.240. The molecule has 0 heterocycles. The number of nitrogens with one attached hydrogen (secondary N) is 1. The van der Waals surface area contributed by atoms with E-state index < -0.39 is 0 Å². The Labute approximate surface area is 119 Å². The molecule has 0 saturated heterocycles. The van der Waals surface area contributed by atoms with Gasteiger partial charge in [0.05, 0.1) is 6.04 Å². The van der Waals surface area contributed by atoms with Gasteiger partial charge in [0.15, 0.2) is 0 Å². The van der Waals surface area contributed by atoms with Crippen LogP contribution in [0.5, 0.6) is 0 Å². The highest BCUT2D eigenvalue weighted by atomic mass is 19.1. The Morgan fingerprint density at radius 1 is 1.15 bits per heavy atom. The van der Waals surface area contributed by atoms with E-state index in [9.17, 15) is 4.39 Å². The van der Waals surface area contributed by atoms with Crippen molar-refractivity contribution in [2.45, 2.75) is 32.7 Å². The van der Waals surface area contributed by atoms with Crippen LogP contribution in [0.2, 0.25) is 0 Å². The van der Waals surface area contributed by atoms with E-state index >= 15 is 0 Å². The topological polar surface area (TPSA) is 38.0 Å². The molecule has 0 radical (unpaired) electrons. The molecule has 0 fully saturated rings. The summed E-state index contributed by atoms with van der Waals surface area (Å²) in [7, 11) is 0. The average Bonchev–Trinajstić information content (AvgIpc) is 2.45. The van der Waals surface area contributed by atoms with Gasteiger partial charge in [0.25, 0.3) is 0 Å². The first-order valence-electron chi connectivity index (χ1n) is 6.96. The van der Waals surface area contributed by atoms with Gasteiger partial charge in [-0.25, -0.2) is 9.82 Å². The summed E-state index contributed by atoms with van der Waals surface area (Å²) in [6, 6.07) is 12.9. The van der Waals surface area contributed by atoms with E-state index in [2.05, 4.69) is 24.5 Å². The molecule has 2 aromatic rings. The smallest absolute Gasteiger partial charge is 0.128 e. The van der Waals surface area contributed by atoms with Crippen LogP contribution in [-0.2, 0) is 6.42 Å². The third kappa shape index (κ3) is 3.24. The van der Waals surface area contributed by atoms with Crippen molar-refractivity contribution in [1.82, 2.24) is 5.43 Å². The van der Waals surface area contributed by atoms with Crippen molar-refractivity contribution in [1.29, 1.82) is 0 Å². The first-order chi connectivity index (χ1) is 9.65. The molecule has 2 rings (SSSR count). The van der Waals surface area contributed by atoms with Gasteiger partial charge in [-0.15, -0.1) is 0 Å². The molecule has 3 heteroatoms. The molecule has 0 spiro atoms. The molecule has 0 saturated carbocycles. The van der Waals surface area contributed by atoms with Gasteiger partial charge in [0.2, 0.25) is 0 Å². The van der Waals surface area contributed by atoms with E-state index in [0.29, 0.717) is 5.56 Å². The molecule has 2 aromatic carbocycles. The van der Waals surface area contributed by atoms with Crippen LogP contribution in [0.4, 0.5) is 4.39 Å². The van der Waals surface area contributed by atoms with Crippen molar-refractivity contribution in [2.24, 2.45) is 5.84 Å². The minimum Gasteiger partial charge on any atom is -0.271 e. The van der Waals surface area contributed by atoms with Crippen molar-refractivity contribution >= 4 is 0 Å². The lowest BCUT2D eigenvalue weighted by Gasteiger charge is -2.18. The normalized spacial score (nSPS) is 12.4. The Bertz CT molecular complexity index is 564. The SMILES string of the molecule is CCCc1ccc(C(NN)c2cc(C)ccc2F)cc1. The van der Waals surface area contributed by atoms with Gasteiger partial charge in [-0.3, -0.25) is 5.84 Å². The van der Waals surface area contributed by atoms with Crippen LogP contribution < -0.4 is 11.3 Å². The number of hydrazine groups is 1. The number of aryl methyl sites for hydroxylation is 2. The van der Waals surface area contributed by atoms with Crippen LogP contribution in [0.3, 0.4) is 0 Å². The predicted octanol–water partition coefficient (Wildman–Crippen LogP) is 3.64. The summed E-state index contributed by atoms with van der Waals surface area (Å²) in [6.45, 7) is 4.10. The van der Waals surface area contributed by atoms with Crippen LogP contribution in [0.1, 0.15) is 41.6 Å². The molecule has 0 amide bonds. The molecule has 0 aliphatic rings. The molecule has 2 nitrogen and oxygen atoms in total. The maximum atomic E-state index is 14.0. The molecule has 1 unspecified atom stereocenters. The van der Waals surface area contributed by atoms with Crippen molar-refractivity contribution in [3.05, 3.63) is 70.5 Å². The molecule has 20 heavy (non-hydrogen) atoms. The molecule has 1 atom stereocenters. The monoisotopic (exact) mass is 272 g/mol. The van der Waals surface area contributed by atoms with Crippen molar-refractivity contribution in [2.75, 3.05) is 0 Å². The fourth-order valence-electron chi connectivity index (χ4n) is 2.42. The molecule has 106 valence electrons. The number of hydrogen-bond acceptors (Lipinski definition) is 2. The highest BCUT2D eigenvalue weighted by Crippen LogP contribution is 2.25. The number of rotatable bonds is 5. The van der Waals surface area contributed by atoms with Crippen LogP contribution in [0.25, 0.3) is 0 Å². The largest absolute Gasteiger partial charge is 0.271 e. The van der Waals surface area contributed by atoms with Gasteiger partial charge in [-0.05, 0) is 30.5 Å². The summed E-state index contributed by atoms with van der Waals surface area (Å²) in [5, 5.41) is 0. The zero-order chi connectivity index (χ0) is 14.5. The fraction of sp³-hybridized carbons (Fsp3) is 0.294. The maximum absolute atomic E-state index is 14.0. The van der Waals surface area contributed by atoms with E-state index in [-0.39, 0.29) is 11.9 Å². The fourth-order valence-corrected chi connectivity index (χ4v) is 2.42. The van der Waals surface area contributed by atoms with Crippen LogP contribution in [-0.4, -0.2) is 0 Å². The summed E-state index contributed by atoms with van der Waals surface area (Å²) in [4.78, 5) is 0.